The highest BCUT2D eigenvalue weighted by Crippen LogP contribution is 2.34. The molecular weight excluding hydrogens is 208 g/mol. The van der Waals surface area contributed by atoms with E-state index in [1.807, 2.05) is 0 Å². The van der Waals surface area contributed by atoms with Crippen molar-refractivity contribution in [3.05, 3.63) is 29.8 Å². The highest BCUT2D eigenvalue weighted by atomic mass is 15.2. The van der Waals surface area contributed by atoms with E-state index in [1.54, 1.807) is 0 Å². The average molecular weight is 230 g/mol. The summed E-state index contributed by atoms with van der Waals surface area (Å²) in [5, 5.41) is 3.72. The zero-order valence-electron chi connectivity index (χ0n) is 10.7. The van der Waals surface area contributed by atoms with Gasteiger partial charge in [-0.05, 0) is 56.3 Å². The second kappa shape index (κ2) is 4.69. The van der Waals surface area contributed by atoms with E-state index in [4.69, 9.17) is 0 Å². The molecule has 1 aromatic rings. The Morgan fingerprint density at radius 1 is 1.29 bits per heavy atom. The van der Waals surface area contributed by atoms with Crippen molar-refractivity contribution < 1.29 is 0 Å². The third-order valence-corrected chi connectivity index (χ3v) is 3.99. The minimum Gasteiger partial charge on any atom is -0.370 e. The fourth-order valence-corrected chi connectivity index (χ4v) is 2.82. The molecule has 1 saturated carbocycles. The Morgan fingerprint density at radius 3 is 2.94 bits per heavy atom. The number of aryl methyl sites for hydroxylation is 1. The summed E-state index contributed by atoms with van der Waals surface area (Å²) in [6.07, 6.45) is 4.12. The SMILES string of the molecule is Cc1cccc(N2CCCNC(C3CC3)C2)c1. The molecule has 1 aliphatic carbocycles. The summed E-state index contributed by atoms with van der Waals surface area (Å²) in [5.74, 6) is 0.945. The van der Waals surface area contributed by atoms with Crippen LogP contribution >= 0.6 is 0 Å². The molecule has 0 spiro atoms. The zero-order chi connectivity index (χ0) is 11.7. The molecule has 2 fully saturated rings. The van der Waals surface area contributed by atoms with Crippen molar-refractivity contribution in [1.29, 1.82) is 0 Å². The van der Waals surface area contributed by atoms with Crippen LogP contribution in [-0.2, 0) is 0 Å². The molecule has 0 aromatic heterocycles. The van der Waals surface area contributed by atoms with Crippen molar-refractivity contribution >= 4 is 5.69 Å². The van der Waals surface area contributed by atoms with Crippen molar-refractivity contribution in [2.45, 2.75) is 32.2 Å². The van der Waals surface area contributed by atoms with Crippen LogP contribution in [0.1, 0.15) is 24.8 Å². The van der Waals surface area contributed by atoms with Gasteiger partial charge in [0.15, 0.2) is 0 Å². The maximum absolute atomic E-state index is 3.72. The molecule has 2 aliphatic rings. The lowest BCUT2D eigenvalue weighted by Crippen LogP contribution is -2.39. The first-order valence-electron chi connectivity index (χ1n) is 6.88. The van der Waals surface area contributed by atoms with E-state index in [0.717, 1.165) is 12.0 Å². The van der Waals surface area contributed by atoms with Crippen LogP contribution in [0.4, 0.5) is 5.69 Å². The molecule has 1 heterocycles. The Morgan fingerprint density at radius 2 is 2.18 bits per heavy atom. The molecule has 1 atom stereocenters. The molecule has 17 heavy (non-hydrogen) atoms. The van der Waals surface area contributed by atoms with Gasteiger partial charge < -0.3 is 10.2 Å². The van der Waals surface area contributed by atoms with Crippen molar-refractivity contribution in [2.24, 2.45) is 5.92 Å². The van der Waals surface area contributed by atoms with Gasteiger partial charge in [0.1, 0.15) is 0 Å². The fraction of sp³-hybridized carbons (Fsp3) is 0.600. The van der Waals surface area contributed by atoms with E-state index >= 15 is 0 Å². The second-order valence-electron chi connectivity index (χ2n) is 5.54. The van der Waals surface area contributed by atoms with Crippen LogP contribution in [0, 0.1) is 12.8 Å². The molecular formula is C15H22N2. The number of nitrogens with one attached hydrogen (secondary N) is 1. The topological polar surface area (TPSA) is 15.3 Å². The highest BCUT2D eigenvalue weighted by Gasteiger charge is 2.33. The Balaban J connectivity index is 1.76. The van der Waals surface area contributed by atoms with Crippen molar-refractivity contribution in [3.63, 3.8) is 0 Å². The van der Waals surface area contributed by atoms with E-state index in [0.29, 0.717) is 0 Å². The molecule has 2 nitrogen and oxygen atoms in total. The van der Waals surface area contributed by atoms with Crippen molar-refractivity contribution in [1.82, 2.24) is 5.32 Å². The predicted octanol–water partition coefficient (Wildman–Crippen LogP) is 2.57. The first kappa shape index (κ1) is 11.1. The van der Waals surface area contributed by atoms with E-state index in [1.165, 1.54) is 50.1 Å². The second-order valence-corrected chi connectivity index (χ2v) is 5.54. The third kappa shape index (κ3) is 2.63. The van der Waals surface area contributed by atoms with Gasteiger partial charge in [-0.3, -0.25) is 0 Å². The Kier molecular flexibility index (Phi) is 3.06. The molecule has 1 saturated heterocycles. The number of nitrogens with zero attached hydrogens (tertiary/aromatic N) is 1. The van der Waals surface area contributed by atoms with Gasteiger partial charge in [-0.25, -0.2) is 0 Å². The van der Waals surface area contributed by atoms with E-state index in [9.17, 15) is 0 Å². The molecule has 3 rings (SSSR count). The normalized spacial score (nSPS) is 25.7. The van der Waals surface area contributed by atoms with E-state index in [-0.39, 0.29) is 0 Å². The molecule has 1 aliphatic heterocycles. The van der Waals surface area contributed by atoms with Gasteiger partial charge in [-0.15, -0.1) is 0 Å². The van der Waals surface area contributed by atoms with Gasteiger partial charge >= 0.3 is 0 Å². The van der Waals surface area contributed by atoms with Crippen LogP contribution in [0.2, 0.25) is 0 Å². The lowest BCUT2D eigenvalue weighted by Gasteiger charge is -2.26. The summed E-state index contributed by atoms with van der Waals surface area (Å²) < 4.78 is 0. The average Bonchev–Trinajstić information content (AvgIpc) is 3.15. The Hall–Kier alpha value is -1.02. The largest absolute Gasteiger partial charge is 0.370 e. The number of rotatable bonds is 2. The maximum Gasteiger partial charge on any atom is 0.0369 e. The number of benzene rings is 1. The number of anilines is 1. The minimum atomic E-state index is 0.720. The first-order chi connectivity index (χ1) is 8.33. The molecule has 1 N–H and O–H groups in total. The maximum atomic E-state index is 3.72. The van der Waals surface area contributed by atoms with Crippen LogP contribution in [0.25, 0.3) is 0 Å². The van der Waals surface area contributed by atoms with Crippen LogP contribution < -0.4 is 10.2 Å². The smallest absolute Gasteiger partial charge is 0.0369 e. The summed E-state index contributed by atoms with van der Waals surface area (Å²) >= 11 is 0. The third-order valence-electron chi connectivity index (χ3n) is 3.99. The first-order valence-corrected chi connectivity index (χ1v) is 6.88. The highest BCUT2D eigenvalue weighted by molar-refractivity contribution is 5.48. The summed E-state index contributed by atoms with van der Waals surface area (Å²) in [5.41, 5.74) is 2.77. The molecule has 1 unspecified atom stereocenters. The van der Waals surface area contributed by atoms with Crippen LogP contribution in [0.3, 0.4) is 0 Å². The summed E-state index contributed by atoms with van der Waals surface area (Å²) in [6.45, 7) is 5.75. The molecule has 2 heteroatoms. The van der Waals surface area contributed by atoms with Crippen LogP contribution in [-0.4, -0.2) is 25.7 Å². The lowest BCUT2D eigenvalue weighted by atomic mass is 10.1. The van der Waals surface area contributed by atoms with Crippen molar-refractivity contribution in [3.8, 4) is 0 Å². The predicted molar refractivity (Wildman–Crippen MR) is 72.5 cm³/mol. The molecule has 1 aromatic carbocycles. The van der Waals surface area contributed by atoms with Gasteiger partial charge in [0.05, 0.1) is 0 Å². The molecule has 0 amide bonds. The summed E-state index contributed by atoms with van der Waals surface area (Å²) in [7, 11) is 0. The van der Waals surface area contributed by atoms with E-state index < -0.39 is 0 Å². The number of hydrogen-bond donors (Lipinski definition) is 1. The number of hydrogen-bond acceptors (Lipinski definition) is 2. The van der Waals surface area contributed by atoms with Gasteiger partial charge in [0.2, 0.25) is 0 Å². The lowest BCUT2D eigenvalue weighted by molar-refractivity contribution is 0.490. The van der Waals surface area contributed by atoms with Crippen LogP contribution in [0.15, 0.2) is 24.3 Å². The van der Waals surface area contributed by atoms with Gasteiger partial charge in [-0.1, -0.05) is 12.1 Å². The van der Waals surface area contributed by atoms with E-state index in [2.05, 4.69) is 41.4 Å². The summed E-state index contributed by atoms with van der Waals surface area (Å²) in [4.78, 5) is 2.57. The fourth-order valence-electron chi connectivity index (χ4n) is 2.82. The minimum absolute atomic E-state index is 0.720. The molecule has 0 radical (unpaired) electrons. The Labute approximate surface area is 104 Å². The standard InChI is InChI=1S/C15H22N2/c1-12-4-2-5-14(10-12)17-9-3-8-16-15(11-17)13-6-7-13/h2,4-5,10,13,15-16H,3,6-9,11H2,1H3. The summed E-state index contributed by atoms with van der Waals surface area (Å²) in [6, 6.07) is 9.64. The van der Waals surface area contributed by atoms with Gasteiger partial charge in [-0.2, -0.15) is 0 Å². The monoisotopic (exact) mass is 230 g/mol. The quantitative estimate of drug-likeness (QED) is 0.840. The zero-order valence-corrected chi connectivity index (χ0v) is 10.7. The van der Waals surface area contributed by atoms with Gasteiger partial charge in [0.25, 0.3) is 0 Å². The molecule has 92 valence electrons. The van der Waals surface area contributed by atoms with Crippen molar-refractivity contribution in [2.75, 3.05) is 24.5 Å². The van der Waals surface area contributed by atoms with Crippen LogP contribution in [0.5, 0.6) is 0 Å². The molecule has 0 bridgehead atoms. The van der Waals surface area contributed by atoms with Gasteiger partial charge in [0, 0.05) is 24.8 Å². The Bertz CT molecular complexity index is 384.